The van der Waals surface area contributed by atoms with Gasteiger partial charge in [0.15, 0.2) is 11.5 Å². The van der Waals surface area contributed by atoms with Gasteiger partial charge in [-0.25, -0.2) is 0 Å². The molecule has 2 aromatic carbocycles. The molecular formula is C25H32N2O3. The molecule has 0 radical (unpaired) electrons. The SMILES string of the molecule is COc1cc2c(cc1OC)CN(C1CCCN(C(=O)CCc3ccccc3)C1)CC2. The summed E-state index contributed by atoms with van der Waals surface area (Å²) in [6.45, 7) is 3.67. The minimum Gasteiger partial charge on any atom is -0.493 e. The molecular weight excluding hydrogens is 376 g/mol. The van der Waals surface area contributed by atoms with E-state index in [0.29, 0.717) is 12.5 Å². The van der Waals surface area contributed by atoms with Crippen LogP contribution in [0.3, 0.4) is 0 Å². The fraction of sp³-hybridized carbons (Fsp3) is 0.480. The Balaban J connectivity index is 1.37. The standard InChI is InChI=1S/C25H32N2O3/c1-29-23-15-20-12-14-26(17-21(20)16-24(23)30-2)22-9-6-13-27(18-22)25(28)11-10-19-7-4-3-5-8-19/h3-5,7-8,15-16,22H,6,9-14,17-18H2,1-2H3. The van der Waals surface area contributed by atoms with Crippen molar-refractivity contribution in [1.82, 2.24) is 9.80 Å². The van der Waals surface area contributed by atoms with Crippen LogP contribution in [0.25, 0.3) is 0 Å². The van der Waals surface area contributed by atoms with Gasteiger partial charge in [-0.3, -0.25) is 9.69 Å². The minimum absolute atomic E-state index is 0.285. The van der Waals surface area contributed by atoms with Crippen molar-refractivity contribution >= 4 is 5.91 Å². The first-order valence-electron chi connectivity index (χ1n) is 11.0. The highest BCUT2D eigenvalue weighted by molar-refractivity contribution is 5.76. The number of methoxy groups -OCH3 is 2. The van der Waals surface area contributed by atoms with Crippen LogP contribution in [0, 0.1) is 0 Å². The summed E-state index contributed by atoms with van der Waals surface area (Å²) < 4.78 is 11.0. The average molecular weight is 409 g/mol. The van der Waals surface area contributed by atoms with E-state index in [1.165, 1.54) is 16.7 Å². The molecule has 1 fully saturated rings. The summed E-state index contributed by atoms with van der Waals surface area (Å²) in [6, 6.07) is 15.0. The maximum Gasteiger partial charge on any atom is 0.222 e. The summed E-state index contributed by atoms with van der Waals surface area (Å²) in [5.74, 6) is 1.88. The summed E-state index contributed by atoms with van der Waals surface area (Å²) >= 11 is 0. The number of benzene rings is 2. The molecule has 4 rings (SSSR count). The smallest absolute Gasteiger partial charge is 0.222 e. The van der Waals surface area contributed by atoms with Crippen molar-refractivity contribution < 1.29 is 14.3 Å². The molecule has 0 spiro atoms. The van der Waals surface area contributed by atoms with Crippen LogP contribution in [0.15, 0.2) is 42.5 Å². The molecule has 2 heterocycles. The van der Waals surface area contributed by atoms with Gasteiger partial charge in [0.05, 0.1) is 14.2 Å². The van der Waals surface area contributed by atoms with Gasteiger partial charge in [0.2, 0.25) is 5.91 Å². The van der Waals surface area contributed by atoms with Gasteiger partial charge in [-0.15, -0.1) is 0 Å². The Bertz CT molecular complexity index is 868. The van der Waals surface area contributed by atoms with Gasteiger partial charge in [-0.2, -0.15) is 0 Å². The topological polar surface area (TPSA) is 42.0 Å². The van der Waals surface area contributed by atoms with Crippen molar-refractivity contribution in [3.05, 3.63) is 59.2 Å². The number of aryl methyl sites for hydroxylation is 1. The maximum atomic E-state index is 12.8. The van der Waals surface area contributed by atoms with Crippen LogP contribution in [-0.2, 0) is 24.2 Å². The molecule has 2 aliphatic heterocycles. The molecule has 1 unspecified atom stereocenters. The molecule has 1 saturated heterocycles. The molecule has 30 heavy (non-hydrogen) atoms. The minimum atomic E-state index is 0.285. The van der Waals surface area contributed by atoms with Gasteiger partial charge < -0.3 is 14.4 Å². The number of likely N-dealkylation sites (tertiary alicyclic amines) is 1. The summed E-state index contributed by atoms with van der Waals surface area (Å²) in [4.78, 5) is 17.5. The summed E-state index contributed by atoms with van der Waals surface area (Å²) in [7, 11) is 3.37. The number of carbonyl (C=O) groups excluding carboxylic acids is 1. The molecule has 0 aliphatic carbocycles. The summed E-state index contributed by atoms with van der Waals surface area (Å²) in [5.41, 5.74) is 3.89. The molecule has 2 aromatic rings. The van der Waals surface area contributed by atoms with Crippen molar-refractivity contribution in [2.45, 2.75) is 44.7 Å². The average Bonchev–Trinajstić information content (AvgIpc) is 2.82. The van der Waals surface area contributed by atoms with Crippen LogP contribution < -0.4 is 9.47 Å². The molecule has 5 heteroatoms. The number of hydrogen-bond acceptors (Lipinski definition) is 4. The first kappa shape index (κ1) is 20.7. The largest absolute Gasteiger partial charge is 0.493 e. The van der Waals surface area contributed by atoms with Crippen LogP contribution >= 0.6 is 0 Å². The molecule has 1 amide bonds. The molecule has 2 aliphatic rings. The second-order valence-corrected chi connectivity index (χ2v) is 8.32. The third-order valence-corrected chi connectivity index (χ3v) is 6.48. The van der Waals surface area contributed by atoms with E-state index in [0.717, 1.165) is 63.4 Å². The molecule has 0 aromatic heterocycles. The van der Waals surface area contributed by atoms with Gasteiger partial charge in [0.1, 0.15) is 0 Å². The number of nitrogens with zero attached hydrogens (tertiary/aromatic N) is 2. The zero-order chi connectivity index (χ0) is 20.9. The number of hydrogen-bond donors (Lipinski definition) is 0. The molecule has 0 bridgehead atoms. The van der Waals surface area contributed by atoms with Gasteiger partial charge in [0, 0.05) is 38.6 Å². The molecule has 160 valence electrons. The van der Waals surface area contributed by atoms with Crippen molar-refractivity contribution in [2.24, 2.45) is 0 Å². The first-order chi connectivity index (χ1) is 14.7. The number of rotatable bonds is 6. The van der Waals surface area contributed by atoms with E-state index >= 15 is 0 Å². The van der Waals surface area contributed by atoms with Crippen LogP contribution in [0.1, 0.15) is 36.0 Å². The third kappa shape index (κ3) is 4.62. The fourth-order valence-corrected chi connectivity index (χ4v) is 4.75. The lowest BCUT2D eigenvalue weighted by molar-refractivity contribution is -0.133. The van der Waals surface area contributed by atoms with Gasteiger partial charge in [0.25, 0.3) is 0 Å². The van der Waals surface area contributed by atoms with Gasteiger partial charge >= 0.3 is 0 Å². The Hall–Kier alpha value is -2.53. The van der Waals surface area contributed by atoms with E-state index in [2.05, 4.69) is 34.1 Å². The number of ether oxygens (including phenoxy) is 2. The van der Waals surface area contributed by atoms with E-state index in [9.17, 15) is 4.79 Å². The Kier molecular flexibility index (Phi) is 6.58. The van der Waals surface area contributed by atoms with Gasteiger partial charge in [-0.05, 0) is 54.5 Å². The summed E-state index contributed by atoms with van der Waals surface area (Å²) in [6.07, 6.45) is 4.66. The second-order valence-electron chi connectivity index (χ2n) is 8.32. The zero-order valence-electron chi connectivity index (χ0n) is 18.1. The highest BCUT2D eigenvalue weighted by atomic mass is 16.5. The molecule has 1 atom stereocenters. The monoisotopic (exact) mass is 408 g/mol. The Morgan fingerprint density at radius 1 is 1.03 bits per heavy atom. The van der Waals surface area contributed by atoms with Crippen molar-refractivity contribution in [3.8, 4) is 11.5 Å². The van der Waals surface area contributed by atoms with E-state index in [4.69, 9.17) is 9.47 Å². The predicted octanol–water partition coefficient (Wildman–Crippen LogP) is 3.69. The molecule has 5 nitrogen and oxygen atoms in total. The normalized spacial score (nSPS) is 19.3. The predicted molar refractivity (Wildman–Crippen MR) is 118 cm³/mol. The van der Waals surface area contributed by atoms with E-state index < -0.39 is 0 Å². The highest BCUT2D eigenvalue weighted by Gasteiger charge is 2.30. The zero-order valence-corrected chi connectivity index (χ0v) is 18.1. The lowest BCUT2D eigenvalue weighted by Gasteiger charge is -2.41. The van der Waals surface area contributed by atoms with Crippen LogP contribution in [0.2, 0.25) is 0 Å². The first-order valence-corrected chi connectivity index (χ1v) is 11.0. The lowest BCUT2D eigenvalue weighted by atomic mass is 9.95. The number of amides is 1. The van der Waals surface area contributed by atoms with Crippen LogP contribution in [-0.4, -0.2) is 55.6 Å². The number of fused-ring (bicyclic) bond motifs is 1. The second kappa shape index (κ2) is 9.52. The Morgan fingerprint density at radius 2 is 1.77 bits per heavy atom. The maximum absolute atomic E-state index is 12.8. The Labute approximate surface area is 179 Å². The van der Waals surface area contributed by atoms with E-state index in [1.807, 2.05) is 18.2 Å². The van der Waals surface area contributed by atoms with Crippen molar-refractivity contribution in [2.75, 3.05) is 33.9 Å². The van der Waals surface area contributed by atoms with Crippen molar-refractivity contribution in [1.29, 1.82) is 0 Å². The van der Waals surface area contributed by atoms with Gasteiger partial charge in [-0.1, -0.05) is 30.3 Å². The molecule has 0 saturated carbocycles. The van der Waals surface area contributed by atoms with E-state index in [-0.39, 0.29) is 5.91 Å². The highest BCUT2D eigenvalue weighted by Crippen LogP contribution is 2.34. The molecule has 0 N–H and O–H groups in total. The Morgan fingerprint density at radius 3 is 2.50 bits per heavy atom. The van der Waals surface area contributed by atoms with E-state index in [1.54, 1.807) is 14.2 Å². The fourth-order valence-electron chi connectivity index (χ4n) is 4.75. The van der Waals surface area contributed by atoms with Crippen LogP contribution in [0.5, 0.6) is 11.5 Å². The van der Waals surface area contributed by atoms with Crippen LogP contribution in [0.4, 0.5) is 0 Å². The third-order valence-electron chi connectivity index (χ3n) is 6.48. The number of piperidine rings is 1. The van der Waals surface area contributed by atoms with Crippen molar-refractivity contribution in [3.63, 3.8) is 0 Å². The number of carbonyl (C=O) groups is 1. The summed E-state index contributed by atoms with van der Waals surface area (Å²) in [5, 5.41) is 0. The quantitative estimate of drug-likeness (QED) is 0.731. The lowest BCUT2D eigenvalue weighted by Crippen LogP contribution is -2.51.